The van der Waals surface area contributed by atoms with Crippen LogP contribution in [-0.2, 0) is 10.0 Å². The van der Waals surface area contributed by atoms with Gasteiger partial charge in [0.2, 0.25) is 10.0 Å². The Morgan fingerprint density at radius 2 is 2.00 bits per heavy atom. The Labute approximate surface area is 145 Å². The van der Waals surface area contributed by atoms with Crippen molar-refractivity contribution in [1.29, 1.82) is 0 Å². The quantitative estimate of drug-likeness (QED) is 0.617. The second kappa shape index (κ2) is 6.45. The van der Waals surface area contributed by atoms with E-state index in [2.05, 4.69) is 0 Å². The molecule has 0 N–H and O–H groups in total. The molecule has 0 amide bonds. The lowest BCUT2D eigenvalue weighted by Gasteiger charge is -2.17. The SMILES string of the molecule is Cc1cc(Cl)ccc1OC(=O)c1cccc(N2CCCS2(=O)=O)c1. The van der Waals surface area contributed by atoms with Crippen LogP contribution in [0.5, 0.6) is 5.75 Å². The molecule has 0 aliphatic carbocycles. The number of rotatable bonds is 3. The van der Waals surface area contributed by atoms with E-state index in [4.69, 9.17) is 16.3 Å². The molecule has 7 heteroatoms. The van der Waals surface area contributed by atoms with Gasteiger partial charge in [0.05, 0.1) is 17.0 Å². The molecular weight excluding hydrogens is 350 g/mol. The second-order valence-electron chi connectivity index (χ2n) is 5.59. The summed E-state index contributed by atoms with van der Waals surface area (Å²) in [5, 5.41) is 0.563. The van der Waals surface area contributed by atoms with Crippen molar-refractivity contribution in [1.82, 2.24) is 0 Å². The smallest absolute Gasteiger partial charge is 0.343 e. The molecule has 1 aliphatic rings. The summed E-state index contributed by atoms with van der Waals surface area (Å²) < 4.78 is 30.7. The van der Waals surface area contributed by atoms with E-state index in [1.807, 2.05) is 0 Å². The number of anilines is 1. The fourth-order valence-corrected chi connectivity index (χ4v) is 4.39. The van der Waals surface area contributed by atoms with Crippen LogP contribution in [0.1, 0.15) is 22.3 Å². The van der Waals surface area contributed by atoms with E-state index in [0.29, 0.717) is 35.0 Å². The minimum atomic E-state index is -3.29. The Bertz CT molecular complexity index is 895. The molecule has 2 aromatic rings. The minimum absolute atomic E-state index is 0.131. The average molecular weight is 366 g/mol. The van der Waals surface area contributed by atoms with Crippen LogP contribution in [0.4, 0.5) is 5.69 Å². The molecule has 0 bridgehead atoms. The van der Waals surface area contributed by atoms with Crippen LogP contribution in [0, 0.1) is 6.92 Å². The van der Waals surface area contributed by atoms with E-state index in [9.17, 15) is 13.2 Å². The van der Waals surface area contributed by atoms with Gasteiger partial charge in [-0.3, -0.25) is 4.31 Å². The first-order chi connectivity index (χ1) is 11.4. The Balaban J connectivity index is 1.84. The molecule has 0 atom stereocenters. The van der Waals surface area contributed by atoms with E-state index in [1.165, 1.54) is 10.4 Å². The molecule has 1 aliphatic heterocycles. The van der Waals surface area contributed by atoms with Crippen molar-refractivity contribution in [2.45, 2.75) is 13.3 Å². The number of carbonyl (C=O) groups excluding carboxylic acids is 1. The monoisotopic (exact) mass is 365 g/mol. The van der Waals surface area contributed by atoms with Gasteiger partial charge in [0, 0.05) is 11.6 Å². The molecule has 0 radical (unpaired) electrons. The zero-order chi connectivity index (χ0) is 17.3. The summed E-state index contributed by atoms with van der Waals surface area (Å²) in [6.07, 6.45) is 0.584. The standard InChI is InChI=1S/C17H16ClNO4S/c1-12-10-14(18)6-7-16(12)23-17(20)13-4-2-5-15(11-13)19-8-3-9-24(19,21)22/h2,4-7,10-11H,3,8-9H2,1H3. The molecule has 0 aromatic heterocycles. The van der Waals surface area contributed by atoms with Crippen LogP contribution in [-0.4, -0.2) is 26.7 Å². The largest absolute Gasteiger partial charge is 0.423 e. The first kappa shape index (κ1) is 16.8. The Morgan fingerprint density at radius 3 is 2.67 bits per heavy atom. The Kier molecular flexibility index (Phi) is 4.51. The zero-order valence-electron chi connectivity index (χ0n) is 13.0. The van der Waals surface area contributed by atoms with Crippen LogP contribution in [0.3, 0.4) is 0 Å². The first-order valence-electron chi connectivity index (χ1n) is 7.46. The molecular formula is C17H16ClNO4S. The van der Waals surface area contributed by atoms with Gasteiger partial charge in [-0.25, -0.2) is 13.2 Å². The molecule has 126 valence electrons. The molecule has 5 nitrogen and oxygen atoms in total. The van der Waals surface area contributed by atoms with Gasteiger partial charge >= 0.3 is 5.97 Å². The van der Waals surface area contributed by atoms with E-state index >= 15 is 0 Å². The maximum atomic E-state index is 12.4. The van der Waals surface area contributed by atoms with Gasteiger partial charge in [0.1, 0.15) is 5.75 Å². The topological polar surface area (TPSA) is 63.7 Å². The van der Waals surface area contributed by atoms with E-state index in [1.54, 1.807) is 43.3 Å². The number of sulfonamides is 1. The Hall–Kier alpha value is -2.05. The lowest BCUT2D eigenvalue weighted by Crippen LogP contribution is -2.25. The number of halogens is 1. The molecule has 3 rings (SSSR count). The number of esters is 1. The fourth-order valence-electron chi connectivity index (χ4n) is 2.60. The number of nitrogens with zero attached hydrogens (tertiary/aromatic N) is 1. The second-order valence-corrected chi connectivity index (χ2v) is 8.04. The maximum absolute atomic E-state index is 12.4. The van der Waals surface area contributed by atoms with E-state index in [0.717, 1.165) is 5.56 Å². The molecule has 1 heterocycles. The highest BCUT2D eigenvalue weighted by Crippen LogP contribution is 2.26. The third-order valence-corrected chi connectivity index (χ3v) is 5.91. The number of benzene rings is 2. The van der Waals surface area contributed by atoms with Gasteiger partial charge in [-0.1, -0.05) is 17.7 Å². The molecule has 24 heavy (non-hydrogen) atoms. The molecule has 2 aromatic carbocycles. The Morgan fingerprint density at radius 1 is 1.21 bits per heavy atom. The number of hydrogen-bond acceptors (Lipinski definition) is 4. The summed E-state index contributed by atoms with van der Waals surface area (Å²) in [5.74, 6) is 0.00788. The molecule has 1 fully saturated rings. The van der Waals surface area contributed by atoms with Gasteiger partial charge in [0.15, 0.2) is 0 Å². The van der Waals surface area contributed by atoms with Crippen LogP contribution in [0.2, 0.25) is 5.02 Å². The molecule has 0 saturated carbocycles. The van der Waals surface area contributed by atoms with Crippen LogP contribution >= 0.6 is 11.6 Å². The van der Waals surface area contributed by atoms with Crippen molar-refractivity contribution >= 4 is 33.3 Å². The van der Waals surface area contributed by atoms with Crippen molar-refractivity contribution < 1.29 is 17.9 Å². The highest BCUT2D eigenvalue weighted by Gasteiger charge is 2.28. The summed E-state index contributed by atoms with van der Waals surface area (Å²) in [4.78, 5) is 12.4. The van der Waals surface area contributed by atoms with E-state index in [-0.39, 0.29) is 5.75 Å². The highest BCUT2D eigenvalue weighted by atomic mass is 35.5. The number of ether oxygens (including phenoxy) is 1. The van der Waals surface area contributed by atoms with Gasteiger partial charge in [0.25, 0.3) is 0 Å². The van der Waals surface area contributed by atoms with Crippen molar-refractivity contribution in [2.24, 2.45) is 0 Å². The molecule has 0 unspecified atom stereocenters. The third kappa shape index (κ3) is 3.39. The van der Waals surface area contributed by atoms with E-state index < -0.39 is 16.0 Å². The normalized spacial score (nSPS) is 16.2. The van der Waals surface area contributed by atoms with Gasteiger partial charge in [-0.2, -0.15) is 0 Å². The number of carbonyl (C=O) groups is 1. The predicted octanol–water partition coefficient (Wildman–Crippen LogP) is 3.41. The molecule has 0 spiro atoms. The summed E-state index contributed by atoms with van der Waals surface area (Å²) in [6.45, 7) is 2.22. The van der Waals surface area contributed by atoms with Crippen molar-refractivity contribution in [2.75, 3.05) is 16.6 Å². The average Bonchev–Trinajstić information content (AvgIpc) is 2.89. The number of aryl methyl sites for hydroxylation is 1. The highest BCUT2D eigenvalue weighted by molar-refractivity contribution is 7.93. The predicted molar refractivity (Wildman–Crippen MR) is 93.3 cm³/mol. The van der Waals surface area contributed by atoms with Crippen LogP contribution in [0.25, 0.3) is 0 Å². The zero-order valence-corrected chi connectivity index (χ0v) is 14.6. The van der Waals surface area contributed by atoms with Crippen LogP contribution in [0.15, 0.2) is 42.5 Å². The summed E-state index contributed by atoms with van der Waals surface area (Å²) >= 11 is 5.89. The molecule has 1 saturated heterocycles. The summed E-state index contributed by atoms with van der Waals surface area (Å²) in [6, 6.07) is 11.4. The summed E-state index contributed by atoms with van der Waals surface area (Å²) in [7, 11) is -3.29. The first-order valence-corrected chi connectivity index (χ1v) is 9.44. The van der Waals surface area contributed by atoms with Crippen molar-refractivity contribution in [3.8, 4) is 5.75 Å². The fraction of sp³-hybridized carbons (Fsp3) is 0.235. The maximum Gasteiger partial charge on any atom is 0.343 e. The minimum Gasteiger partial charge on any atom is -0.423 e. The van der Waals surface area contributed by atoms with Crippen molar-refractivity contribution in [3.63, 3.8) is 0 Å². The van der Waals surface area contributed by atoms with Gasteiger partial charge < -0.3 is 4.74 Å². The summed E-state index contributed by atoms with van der Waals surface area (Å²) in [5.41, 5.74) is 1.52. The van der Waals surface area contributed by atoms with Gasteiger partial charge in [-0.05, 0) is 55.3 Å². The van der Waals surface area contributed by atoms with Crippen LogP contribution < -0.4 is 9.04 Å². The van der Waals surface area contributed by atoms with Gasteiger partial charge in [-0.15, -0.1) is 0 Å². The lowest BCUT2D eigenvalue weighted by atomic mass is 10.2. The lowest BCUT2D eigenvalue weighted by molar-refractivity contribution is 0.0733. The number of hydrogen-bond donors (Lipinski definition) is 0. The van der Waals surface area contributed by atoms with Crippen molar-refractivity contribution in [3.05, 3.63) is 58.6 Å². The third-order valence-electron chi connectivity index (χ3n) is 3.81.